The predicted octanol–water partition coefficient (Wildman–Crippen LogP) is 5.65. The van der Waals surface area contributed by atoms with E-state index in [-0.39, 0.29) is 5.56 Å². The summed E-state index contributed by atoms with van der Waals surface area (Å²) in [6, 6.07) is 20.1. The van der Waals surface area contributed by atoms with Crippen LogP contribution in [0.5, 0.6) is 5.75 Å². The van der Waals surface area contributed by atoms with Gasteiger partial charge >= 0.3 is 0 Å². The lowest BCUT2D eigenvalue weighted by Crippen LogP contribution is -2.23. The van der Waals surface area contributed by atoms with E-state index in [4.69, 9.17) is 9.72 Å². The highest BCUT2D eigenvalue weighted by Gasteiger charge is 2.13. The second kappa shape index (κ2) is 8.70. The van der Waals surface area contributed by atoms with Crippen molar-refractivity contribution in [2.24, 2.45) is 0 Å². The van der Waals surface area contributed by atoms with Gasteiger partial charge in [0, 0.05) is 12.3 Å². The van der Waals surface area contributed by atoms with Crippen molar-refractivity contribution in [3.63, 3.8) is 0 Å². The van der Waals surface area contributed by atoms with Gasteiger partial charge in [0.2, 0.25) is 0 Å². The number of thioether (sulfide) groups is 1. The van der Waals surface area contributed by atoms with Crippen molar-refractivity contribution in [3.05, 3.63) is 76.6 Å². The number of fused-ring (bicyclic) bond motifs is 2. The minimum Gasteiger partial charge on any atom is -0.497 e. The molecule has 5 heteroatoms. The summed E-state index contributed by atoms with van der Waals surface area (Å²) in [7, 11) is 1.67. The van der Waals surface area contributed by atoms with Crippen LogP contribution in [0.1, 0.15) is 25.3 Å². The third kappa shape index (κ3) is 4.15. The molecule has 0 saturated carbocycles. The van der Waals surface area contributed by atoms with E-state index in [0.29, 0.717) is 11.9 Å². The maximum absolute atomic E-state index is 13.3. The predicted molar refractivity (Wildman–Crippen MR) is 121 cm³/mol. The monoisotopic (exact) mass is 404 g/mol. The molecule has 0 saturated heterocycles. The summed E-state index contributed by atoms with van der Waals surface area (Å²) in [6.07, 6.45) is 1.98. The van der Waals surface area contributed by atoms with Crippen LogP contribution in [0.4, 0.5) is 0 Å². The number of hydrogen-bond donors (Lipinski definition) is 0. The molecule has 0 aliphatic rings. The molecule has 0 aliphatic heterocycles. The summed E-state index contributed by atoms with van der Waals surface area (Å²) < 4.78 is 7.16. The third-order valence-corrected chi connectivity index (χ3v) is 6.07. The van der Waals surface area contributed by atoms with E-state index in [1.807, 2.05) is 53.1 Å². The van der Waals surface area contributed by atoms with Crippen molar-refractivity contribution in [1.29, 1.82) is 0 Å². The van der Waals surface area contributed by atoms with E-state index < -0.39 is 0 Å². The number of unbranched alkanes of at least 4 members (excludes halogenated alkanes) is 1. The highest BCUT2D eigenvalue weighted by Crippen LogP contribution is 2.26. The number of hydrogen-bond acceptors (Lipinski definition) is 4. The molecule has 4 rings (SSSR count). The number of nitrogens with zero attached hydrogens (tertiary/aromatic N) is 2. The van der Waals surface area contributed by atoms with Crippen LogP contribution in [-0.2, 0) is 12.3 Å². The largest absolute Gasteiger partial charge is 0.497 e. The maximum atomic E-state index is 13.3. The van der Waals surface area contributed by atoms with Gasteiger partial charge < -0.3 is 4.74 Å². The fraction of sp³-hybridized carbons (Fsp3) is 0.250. The first-order chi connectivity index (χ1) is 14.2. The zero-order valence-electron chi connectivity index (χ0n) is 16.7. The zero-order valence-corrected chi connectivity index (χ0v) is 17.5. The molecule has 0 aliphatic carbocycles. The normalized spacial score (nSPS) is 11.2. The Bertz CT molecular complexity index is 1220. The average Bonchev–Trinajstić information content (AvgIpc) is 2.76. The maximum Gasteiger partial charge on any atom is 0.262 e. The molecule has 0 fully saturated rings. The van der Waals surface area contributed by atoms with E-state index in [1.165, 1.54) is 0 Å². The van der Waals surface area contributed by atoms with Crippen molar-refractivity contribution in [2.75, 3.05) is 7.11 Å². The van der Waals surface area contributed by atoms with Crippen molar-refractivity contribution in [1.82, 2.24) is 9.55 Å². The third-order valence-electron chi connectivity index (χ3n) is 5.02. The van der Waals surface area contributed by atoms with E-state index in [9.17, 15) is 4.79 Å². The first kappa shape index (κ1) is 19.5. The van der Waals surface area contributed by atoms with Gasteiger partial charge in [-0.2, -0.15) is 0 Å². The van der Waals surface area contributed by atoms with Gasteiger partial charge in [0.15, 0.2) is 5.16 Å². The smallest absolute Gasteiger partial charge is 0.262 e. The molecule has 0 amide bonds. The first-order valence-electron chi connectivity index (χ1n) is 9.88. The summed E-state index contributed by atoms with van der Waals surface area (Å²) in [6.45, 7) is 2.82. The standard InChI is InChI=1S/C24H24N2O2S/c1-3-4-12-26-23(27)21-14-18-9-5-6-10-19(18)15-22(21)25-24(26)29-16-17-8-7-11-20(13-17)28-2/h5-11,13-15H,3-4,12,16H2,1-2H3. The number of ether oxygens (including phenoxy) is 1. The fourth-order valence-corrected chi connectivity index (χ4v) is 4.39. The first-order valence-corrected chi connectivity index (χ1v) is 10.9. The van der Waals surface area contributed by atoms with E-state index in [1.54, 1.807) is 18.9 Å². The van der Waals surface area contributed by atoms with Gasteiger partial charge in [-0.3, -0.25) is 9.36 Å². The summed E-state index contributed by atoms with van der Waals surface area (Å²) in [5.74, 6) is 1.57. The summed E-state index contributed by atoms with van der Waals surface area (Å²) >= 11 is 1.60. The Morgan fingerprint density at radius 3 is 2.59 bits per heavy atom. The molecule has 0 bridgehead atoms. The summed E-state index contributed by atoms with van der Waals surface area (Å²) in [5.41, 5.74) is 1.95. The minimum atomic E-state index is 0.0438. The fourth-order valence-electron chi connectivity index (χ4n) is 3.42. The van der Waals surface area contributed by atoms with Crippen LogP contribution in [0.25, 0.3) is 21.7 Å². The highest BCUT2D eigenvalue weighted by atomic mass is 32.2. The number of benzene rings is 3. The van der Waals surface area contributed by atoms with Crippen LogP contribution in [0.3, 0.4) is 0 Å². The highest BCUT2D eigenvalue weighted by molar-refractivity contribution is 7.98. The zero-order chi connectivity index (χ0) is 20.2. The number of methoxy groups -OCH3 is 1. The number of aromatic nitrogens is 2. The van der Waals surface area contributed by atoms with Crippen LogP contribution in [0.2, 0.25) is 0 Å². The van der Waals surface area contributed by atoms with Gasteiger partial charge in [-0.05, 0) is 47.0 Å². The van der Waals surface area contributed by atoms with E-state index in [2.05, 4.69) is 19.1 Å². The molecule has 1 heterocycles. The topological polar surface area (TPSA) is 44.1 Å². The molecule has 29 heavy (non-hydrogen) atoms. The lowest BCUT2D eigenvalue weighted by atomic mass is 10.1. The molecule has 4 nitrogen and oxygen atoms in total. The Labute approximate surface area is 174 Å². The molecule has 0 atom stereocenters. The van der Waals surface area contributed by atoms with E-state index >= 15 is 0 Å². The lowest BCUT2D eigenvalue weighted by molar-refractivity contribution is 0.414. The minimum absolute atomic E-state index is 0.0438. The van der Waals surface area contributed by atoms with Crippen LogP contribution >= 0.6 is 11.8 Å². The van der Waals surface area contributed by atoms with Gasteiger partial charge in [0.05, 0.1) is 18.0 Å². The molecule has 148 valence electrons. The lowest BCUT2D eigenvalue weighted by Gasteiger charge is -2.13. The average molecular weight is 405 g/mol. The summed E-state index contributed by atoms with van der Waals surface area (Å²) in [4.78, 5) is 18.2. The van der Waals surface area contributed by atoms with Crippen molar-refractivity contribution in [3.8, 4) is 5.75 Å². The van der Waals surface area contributed by atoms with Gasteiger partial charge in [-0.15, -0.1) is 0 Å². The van der Waals surface area contributed by atoms with E-state index in [0.717, 1.165) is 51.4 Å². The SMILES string of the molecule is CCCCn1c(SCc2cccc(OC)c2)nc2cc3ccccc3cc2c1=O. The Morgan fingerprint density at radius 2 is 1.83 bits per heavy atom. The molecule has 0 unspecified atom stereocenters. The van der Waals surface area contributed by atoms with Gasteiger partial charge in [-0.25, -0.2) is 4.98 Å². The van der Waals surface area contributed by atoms with Crippen molar-refractivity contribution < 1.29 is 4.74 Å². The van der Waals surface area contributed by atoms with Gasteiger partial charge in [-0.1, -0.05) is 61.5 Å². The van der Waals surface area contributed by atoms with Crippen LogP contribution < -0.4 is 10.3 Å². The van der Waals surface area contributed by atoms with Crippen LogP contribution in [-0.4, -0.2) is 16.7 Å². The van der Waals surface area contributed by atoms with Crippen LogP contribution in [0.15, 0.2) is 70.6 Å². The molecule has 1 aromatic heterocycles. The van der Waals surface area contributed by atoms with Gasteiger partial charge in [0.1, 0.15) is 5.75 Å². The second-order valence-electron chi connectivity index (χ2n) is 7.06. The quantitative estimate of drug-likeness (QED) is 0.227. The molecule has 0 radical (unpaired) electrons. The molecule has 3 aromatic carbocycles. The molecule has 4 aromatic rings. The Morgan fingerprint density at radius 1 is 1.03 bits per heavy atom. The van der Waals surface area contributed by atoms with Crippen LogP contribution in [0, 0.1) is 0 Å². The van der Waals surface area contributed by atoms with Gasteiger partial charge in [0.25, 0.3) is 5.56 Å². The van der Waals surface area contributed by atoms with Crippen molar-refractivity contribution >= 4 is 33.4 Å². The molecular weight excluding hydrogens is 380 g/mol. The summed E-state index contributed by atoms with van der Waals surface area (Å²) in [5, 5.41) is 3.62. The Balaban J connectivity index is 1.77. The number of rotatable bonds is 7. The Hall–Kier alpha value is -2.79. The molecule has 0 N–H and O–H groups in total. The second-order valence-corrected chi connectivity index (χ2v) is 8.00. The molecular formula is C24H24N2O2S. The Kier molecular flexibility index (Phi) is 5.86. The van der Waals surface area contributed by atoms with Crippen molar-refractivity contribution in [2.45, 2.75) is 37.2 Å². The molecule has 0 spiro atoms.